The van der Waals surface area contributed by atoms with Crippen molar-refractivity contribution in [2.24, 2.45) is 0 Å². The van der Waals surface area contributed by atoms with Crippen molar-refractivity contribution in [3.63, 3.8) is 0 Å². The number of halogens is 3. The third-order valence-electron chi connectivity index (χ3n) is 4.26. The highest BCUT2D eigenvalue weighted by Crippen LogP contribution is 2.29. The van der Waals surface area contributed by atoms with Gasteiger partial charge >= 0.3 is 0 Å². The molecule has 1 N–H and O–H groups in total. The molecule has 2 aliphatic rings. The minimum absolute atomic E-state index is 0. The first-order chi connectivity index (χ1) is 9.13. The van der Waals surface area contributed by atoms with Crippen molar-refractivity contribution in [1.29, 1.82) is 0 Å². The smallest absolute Gasteiger partial charge is 0.272 e. The molecule has 1 aromatic rings. The van der Waals surface area contributed by atoms with Gasteiger partial charge in [-0.25, -0.2) is 4.98 Å². The van der Waals surface area contributed by atoms with E-state index >= 15 is 0 Å². The van der Waals surface area contributed by atoms with E-state index in [0.717, 1.165) is 17.3 Å². The summed E-state index contributed by atoms with van der Waals surface area (Å²) in [5.74, 6) is 0.0267. The number of rotatable bonds is 2. The highest BCUT2D eigenvalue weighted by Gasteiger charge is 2.36. The summed E-state index contributed by atoms with van der Waals surface area (Å²) in [5, 5.41) is 3.60. The lowest BCUT2D eigenvalue weighted by Gasteiger charge is -2.35. The molecule has 2 fully saturated rings. The fourth-order valence-corrected chi connectivity index (χ4v) is 3.43. The molecular formula is C14H20BrCl2N3O. The van der Waals surface area contributed by atoms with Crippen molar-refractivity contribution in [2.75, 3.05) is 7.05 Å². The van der Waals surface area contributed by atoms with E-state index in [1.807, 2.05) is 18.0 Å². The molecule has 2 bridgehead atoms. The van der Waals surface area contributed by atoms with Crippen LogP contribution in [0.15, 0.2) is 22.8 Å². The summed E-state index contributed by atoms with van der Waals surface area (Å²) in [5.41, 5.74) is 0.525. The fraction of sp³-hybridized carbons (Fsp3) is 0.571. The third kappa shape index (κ3) is 4.09. The van der Waals surface area contributed by atoms with Gasteiger partial charge in [0.25, 0.3) is 5.91 Å². The molecule has 1 aromatic heterocycles. The lowest BCUT2D eigenvalue weighted by atomic mass is 9.98. The predicted octanol–water partition coefficient (Wildman–Crippen LogP) is 3.04. The van der Waals surface area contributed by atoms with E-state index < -0.39 is 0 Å². The van der Waals surface area contributed by atoms with Crippen LogP contribution in [0.4, 0.5) is 0 Å². The van der Waals surface area contributed by atoms with Crippen molar-refractivity contribution >= 4 is 46.7 Å². The Morgan fingerprint density at radius 2 is 1.90 bits per heavy atom. The van der Waals surface area contributed by atoms with Crippen LogP contribution >= 0.6 is 40.7 Å². The second-order valence-corrected chi connectivity index (χ2v) is 6.46. The first-order valence-corrected chi connectivity index (χ1v) is 7.57. The molecule has 2 atom stereocenters. The quantitative estimate of drug-likeness (QED) is 0.835. The molecule has 0 saturated carbocycles. The molecule has 3 rings (SSSR count). The number of hydrogen-bond acceptors (Lipinski definition) is 3. The number of nitrogens with zero attached hydrogens (tertiary/aromatic N) is 2. The number of carbonyl (C=O) groups is 1. The Labute approximate surface area is 146 Å². The molecule has 2 saturated heterocycles. The zero-order valence-electron chi connectivity index (χ0n) is 11.8. The maximum Gasteiger partial charge on any atom is 0.272 e. The van der Waals surface area contributed by atoms with E-state index in [2.05, 4.69) is 26.2 Å². The number of amides is 1. The van der Waals surface area contributed by atoms with Crippen LogP contribution in [0.3, 0.4) is 0 Å². The number of carbonyl (C=O) groups excluding carboxylic acids is 1. The van der Waals surface area contributed by atoms with Gasteiger partial charge in [-0.3, -0.25) is 4.79 Å². The Morgan fingerprint density at radius 3 is 2.43 bits per heavy atom. The average molecular weight is 397 g/mol. The summed E-state index contributed by atoms with van der Waals surface area (Å²) < 4.78 is 0.895. The Hall–Kier alpha value is -0.360. The monoisotopic (exact) mass is 395 g/mol. The van der Waals surface area contributed by atoms with Gasteiger partial charge in [0.05, 0.1) is 0 Å². The lowest BCUT2D eigenvalue weighted by Crippen LogP contribution is -2.48. The highest BCUT2D eigenvalue weighted by atomic mass is 79.9. The van der Waals surface area contributed by atoms with Crippen LogP contribution in [-0.2, 0) is 0 Å². The molecule has 1 amide bonds. The maximum atomic E-state index is 12.4. The SMILES string of the molecule is CN(C(=O)c1ccc(Br)cn1)C1CC2CCC(C1)N2.Cl.Cl. The number of hydrogen-bond donors (Lipinski definition) is 1. The summed E-state index contributed by atoms with van der Waals surface area (Å²) in [7, 11) is 1.90. The summed E-state index contributed by atoms with van der Waals surface area (Å²) in [6, 6.07) is 5.17. The van der Waals surface area contributed by atoms with Crippen LogP contribution in [0.5, 0.6) is 0 Å². The van der Waals surface area contributed by atoms with Gasteiger partial charge in [-0.05, 0) is 53.7 Å². The molecule has 3 heterocycles. The first-order valence-electron chi connectivity index (χ1n) is 6.78. The second-order valence-electron chi connectivity index (χ2n) is 5.54. The van der Waals surface area contributed by atoms with Gasteiger partial charge in [0.1, 0.15) is 5.69 Å². The number of fused-ring (bicyclic) bond motifs is 2. The third-order valence-corrected chi connectivity index (χ3v) is 4.73. The van der Waals surface area contributed by atoms with Crippen molar-refractivity contribution < 1.29 is 4.79 Å². The predicted molar refractivity (Wildman–Crippen MR) is 91.5 cm³/mol. The summed E-state index contributed by atoms with van der Waals surface area (Å²) in [6.45, 7) is 0. The van der Waals surface area contributed by atoms with E-state index in [1.54, 1.807) is 12.3 Å². The van der Waals surface area contributed by atoms with Gasteiger partial charge in [0.15, 0.2) is 0 Å². The van der Waals surface area contributed by atoms with Crippen LogP contribution in [0.25, 0.3) is 0 Å². The molecule has 2 unspecified atom stereocenters. The number of piperidine rings is 1. The fourth-order valence-electron chi connectivity index (χ4n) is 3.19. The zero-order valence-corrected chi connectivity index (χ0v) is 15.0. The Balaban J connectivity index is 0.00000110. The molecule has 4 nitrogen and oxygen atoms in total. The molecule has 7 heteroatoms. The van der Waals surface area contributed by atoms with E-state index in [4.69, 9.17) is 0 Å². The van der Waals surface area contributed by atoms with Crippen LogP contribution in [0.1, 0.15) is 36.2 Å². The minimum atomic E-state index is 0. The summed E-state index contributed by atoms with van der Waals surface area (Å²) in [6.07, 6.45) is 6.30. The molecule has 21 heavy (non-hydrogen) atoms. The van der Waals surface area contributed by atoms with Gasteiger partial charge in [-0.15, -0.1) is 24.8 Å². The molecule has 0 aromatic carbocycles. The van der Waals surface area contributed by atoms with Gasteiger partial charge in [0.2, 0.25) is 0 Å². The summed E-state index contributed by atoms with van der Waals surface area (Å²) in [4.78, 5) is 18.5. The van der Waals surface area contributed by atoms with E-state index in [1.165, 1.54) is 12.8 Å². The number of nitrogens with one attached hydrogen (secondary N) is 1. The van der Waals surface area contributed by atoms with Gasteiger partial charge in [-0.1, -0.05) is 0 Å². The largest absolute Gasteiger partial charge is 0.337 e. The topological polar surface area (TPSA) is 45.2 Å². The van der Waals surface area contributed by atoms with Crippen LogP contribution in [0.2, 0.25) is 0 Å². The van der Waals surface area contributed by atoms with Crippen molar-refractivity contribution in [3.8, 4) is 0 Å². The van der Waals surface area contributed by atoms with Crippen LogP contribution in [0, 0.1) is 0 Å². The Bertz CT molecular complexity index is 474. The van der Waals surface area contributed by atoms with Gasteiger partial charge in [0, 0.05) is 35.8 Å². The summed E-state index contributed by atoms with van der Waals surface area (Å²) >= 11 is 3.34. The van der Waals surface area contributed by atoms with Gasteiger partial charge in [-0.2, -0.15) is 0 Å². The average Bonchev–Trinajstić information content (AvgIpc) is 2.76. The van der Waals surface area contributed by atoms with Crippen molar-refractivity contribution in [2.45, 2.75) is 43.8 Å². The van der Waals surface area contributed by atoms with Crippen molar-refractivity contribution in [3.05, 3.63) is 28.5 Å². The molecule has 2 aliphatic heterocycles. The van der Waals surface area contributed by atoms with E-state index in [9.17, 15) is 4.79 Å². The Kier molecular flexibility index (Phi) is 6.91. The lowest BCUT2D eigenvalue weighted by molar-refractivity contribution is 0.0675. The standard InChI is InChI=1S/C14H18BrN3O.2ClH/c1-18(12-6-10-3-4-11(7-12)17-10)14(19)13-5-2-9(15)8-16-13;;/h2,5,8,10-12,17H,3-4,6-7H2,1H3;2*1H. The minimum Gasteiger partial charge on any atom is -0.337 e. The van der Waals surface area contributed by atoms with Crippen molar-refractivity contribution in [1.82, 2.24) is 15.2 Å². The molecular weight excluding hydrogens is 377 g/mol. The normalized spacial score (nSPS) is 26.5. The molecule has 0 radical (unpaired) electrons. The zero-order chi connectivity index (χ0) is 13.4. The maximum absolute atomic E-state index is 12.4. The second kappa shape index (κ2) is 7.77. The molecule has 0 aliphatic carbocycles. The highest BCUT2D eigenvalue weighted by molar-refractivity contribution is 9.10. The molecule has 0 spiro atoms. The van der Waals surface area contributed by atoms with Gasteiger partial charge < -0.3 is 10.2 Å². The molecule has 118 valence electrons. The van der Waals surface area contributed by atoms with Crippen LogP contribution < -0.4 is 5.32 Å². The number of aromatic nitrogens is 1. The van der Waals surface area contributed by atoms with Crippen LogP contribution in [-0.4, -0.2) is 41.0 Å². The Morgan fingerprint density at radius 1 is 1.29 bits per heavy atom. The van der Waals surface area contributed by atoms with E-state index in [0.29, 0.717) is 23.8 Å². The first kappa shape index (κ1) is 18.7. The number of pyridine rings is 1. The van der Waals surface area contributed by atoms with E-state index in [-0.39, 0.29) is 30.7 Å².